The molecule has 1 amide bonds. The number of nitrogens with one attached hydrogen (secondary N) is 2. The van der Waals surface area contributed by atoms with E-state index < -0.39 is 11.7 Å². The van der Waals surface area contributed by atoms with Crippen molar-refractivity contribution in [1.29, 1.82) is 0 Å². The number of halogens is 1. The predicted octanol–water partition coefficient (Wildman–Crippen LogP) is 3.07. The van der Waals surface area contributed by atoms with Crippen molar-refractivity contribution in [1.82, 2.24) is 10.2 Å². The molecule has 3 aromatic rings. The van der Waals surface area contributed by atoms with E-state index in [1.165, 1.54) is 18.2 Å². The standard InChI is InChI=1S/C16H13FN4O2/c17-12-5-1-2-6-13(12)19-16(22)14-7-8-15(21-20-14)18-10-11-4-3-9-23-11/h1-9H,10H2,(H,18,21)(H,19,22). The first-order chi connectivity index (χ1) is 11.2. The maximum atomic E-state index is 13.5. The molecule has 0 unspecified atom stereocenters. The first kappa shape index (κ1) is 14.7. The van der Waals surface area contributed by atoms with Gasteiger partial charge < -0.3 is 15.1 Å². The molecule has 0 bridgehead atoms. The topological polar surface area (TPSA) is 80.0 Å². The maximum Gasteiger partial charge on any atom is 0.276 e. The molecule has 2 heterocycles. The minimum Gasteiger partial charge on any atom is -0.467 e. The first-order valence-corrected chi connectivity index (χ1v) is 6.88. The average molecular weight is 312 g/mol. The summed E-state index contributed by atoms with van der Waals surface area (Å²) in [5, 5.41) is 13.2. The quantitative estimate of drug-likeness (QED) is 0.757. The zero-order chi connectivity index (χ0) is 16.1. The number of carbonyl (C=O) groups excluding carboxylic acids is 1. The van der Waals surface area contributed by atoms with Crippen molar-refractivity contribution in [3.63, 3.8) is 0 Å². The fraction of sp³-hybridized carbons (Fsp3) is 0.0625. The highest BCUT2D eigenvalue weighted by molar-refractivity contribution is 6.02. The lowest BCUT2D eigenvalue weighted by Crippen LogP contribution is -2.15. The summed E-state index contributed by atoms with van der Waals surface area (Å²) < 4.78 is 18.7. The van der Waals surface area contributed by atoms with Crippen LogP contribution in [0.15, 0.2) is 59.2 Å². The summed E-state index contributed by atoms with van der Waals surface area (Å²) in [6, 6.07) is 12.7. The Morgan fingerprint density at radius 3 is 2.65 bits per heavy atom. The van der Waals surface area contributed by atoms with Gasteiger partial charge in [0.05, 0.1) is 18.5 Å². The lowest BCUT2D eigenvalue weighted by Gasteiger charge is -2.06. The van der Waals surface area contributed by atoms with Crippen molar-refractivity contribution in [3.8, 4) is 0 Å². The summed E-state index contributed by atoms with van der Waals surface area (Å²) in [6.45, 7) is 0.461. The van der Waals surface area contributed by atoms with Gasteiger partial charge in [-0.15, -0.1) is 10.2 Å². The second-order valence-corrected chi connectivity index (χ2v) is 4.67. The molecule has 0 saturated heterocycles. The van der Waals surface area contributed by atoms with Crippen molar-refractivity contribution in [3.05, 3.63) is 72.1 Å². The fourth-order valence-electron chi connectivity index (χ4n) is 1.89. The van der Waals surface area contributed by atoms with E-state index in [4.69, 9.17) is 4.42 Å². The van der Waals surface area contributed by atoms with E-state index in [1.54, 1.807) is 30.5 Å². The Morgan fingerprint density at radius 1 is 1.09 bits per heavy atom. The number of anilines is 2. The number of para-hydroxylation sites is 1. The van der Waals surface area contributed by atoms with Crippen LogP contribution in [0.3, 0.4) is 0 Å². The Morgan fingerprint density at radius 2 is 1.96 bits per heavy atom. The molecular formula is C16H13FN4O2. The van der Waals surface area contributed by atoms with Crippen LogP contribution in [-0.2, 0) is 6.54 Å². The van der Waals surface area contributed by atoms with Crippen molar-refractivity contribution >= 4 is 17.4 Å². The summed E-state index contributed by atoms with van der Waals surface area (Å²) in [5.74, 6) is 0.225. The minimum absolute atomic E-state index is 0.0943. The second-order valence-electron chi connectivity index (χ2n) is 4.67. The number of nitrogens with zero attached hydrogens (tertiary/aromatic N) is 2. The van der Waals surface area contributed by atoms with E-state index in [2.05, 4.69) is 20.8 Å². The summed E-state index contributed by atoms with van der Waals surface area (Å²) in [7, 11) is 0. The third kappa shape index (κ3) is 3.70. The van der Waals surface area contributed by atoms with Crippen LogP contribution in [0.25, 0.3) is 0 Å². The third-order valence-corrected chi connectivity index (χ3v) is 3.04. The zero-order valence-corrected chi connectivity index (χ0v) is 12.0. The highest BCUT2D eigenvalue weighted by Gasteiger charge is 2.11. The molecule has 0 radical (unpaired) electrons. The molecule has 116 valence electrons. The summed E-state index contributed by atoms with van der Waals surface area (Å²) >= 11 is 0. The largest absolute Gasteiger partial charge is 0.467 e. The van der Waals surface area contributed by atoms with Crippen LogP contribution in [0.4, 0.5) is 15.9 Å². The lowest BCUT2D eigenvalue weighted by molar-refractivity contribution is 0.102. The molecule has 0 fully saturated rings. The van der Waals surface area contributed by atoms with Gasteiger partial charge >= 0.3 is 0 Å². The summed E-state index contributed by atoms with van der Waals surface area (Å²) in [6.07, 6.45) is 1.58. The minimum atomic E-state index is -0.528. The molecular weight excluding hydrogens is 299 g/mol. The summed E-state index contributed by atoms with van der Waals surface area (Å²) in [5.41, 5.74) is 0.191. The Balaban J connectivity index is 1.62. The van der Waals surface area contributed by atoms with Crippen LogP contribution < -0.4 is 10.6 Å². The SMILES string of the molecule is O=C(Nc1ccccc1F)c1ccc(NCc2ccco2)nn1. The first-order valence-electron chi connectivity index (χ1n) is 6.88. The van der Waals surface area contributed by atoms with Gasteiger partial charge in [-0.2, -0.15) is 0 Å². The monoisotopic (exact) mass is 312 g/mol. The molecule has 23 heavy (non-hydrogen) atoms. The van der Waals surface area contributed by atoms with E-state index in [0.717, 1.165) is 5.76 Å². The summed E-state index contributed by atoms with van der Waals surface area (Å²) in [4.78, 5) is 12.0. The molecule has 3 rings (SSSR count). The van der Waals surface area contributed by atoms with Gasteiger partial charge in [-0.05, 0) is 36.4 Å². The van der Waals surface area contributed by atoms with Crippen molar-refractivity contribution in [2.45, 2.75) is 6.54 Å². The molecule has 2 aromatic heterocycles. The number of rotatable bonds is 5. The van der Waals surface area contributed by atoms with Gasteiger partial charge in [-0.3, -0.25) is 4.79 Å². The molecule has 7 heteroatoms. The fourth-order valence-corrected chi connectivity index (χ4v) is 1.89. The molecule has 0 saturated carbocycles. The number of furan rings is 1. The van der Waals surface area contributed by atoms with Crippen LogP contribution in [0.5, 0.6) is 0 Å². The highest BCUT2D eigenvalue weighted by Crippen LogP contribution is 2.14. The van der Waals surface area contributed by atoms with E-state index in [0.29, 0.717) is 12.4 Å². The Bertz CT molecular complexity index is 788. The van der Waals surface area contributed by atoms with Crippen LogP contribution in [-0.4, -0.2) is 16.1 Å². The normalized spacial score (nSPS) is 10.3. The van der Waals surface area contributed by atoms with E-state index in [-0.39, 0.29) is 11.4 Å². The molecule has 0 aliphatic rings. The van der Waals surface area contributed by atoms with Crippen LogP contribution >= 0.6 is 0 Å². The van der Waals surface area contributed by atoms with E-state index in [1.807, 2.05) is 6.07 Å². The van der Waals surface area contributed by atoms with Crippen LogP contribution in [0.1, 0.15) is 16.2 Å². The average Bonchev–Trinajstić information content (AvgIpc) is 3.09. The van der Waals surface area contributed by atoms with Crippen LogP contribution in [0.2, 0.25) is 0 Å². The predicted molar refractivity (Wildman–Crippen MR) is 82.4 cm³/mol. The Kier molecular flexibility index (Phi) is 4.28. The Hall–Kier alpha value is -3.22. The number of carbonyl (C=O) groups is 1. The maximum absolute atomic E-state index is 13.5. The molecule has 0 spiro atoms. The van der Waals surface area contributed by atoms with Crippen molar-refractivity contribution < 1.29 is 13.6 Å². The van der Waals surface area contributed by atoms with Crippen LogP contribution in [0, 0.1) is 5.82 Å². The van der Waals surface area contributed by atoms with Gasteiger partial charge in [0, 0.05) is 0 Å². The van der Waals surface area contributed by atoms with Gasteiger partial charge in [0.15, 0.2) is 5.69 Å². The smallest absolute Gasteiger partial charge is 0.276 e. The molecule has 6 nitrogen and oxygen atoms in total. The number of amides is 1. The number of hydrogen-bond acceptors (Lipinski definition) is 5. The molecule has 1 aromatic carbocycles. The van der Waals surface area contributed by atoms with Gasteiger partial charge in [-0.25, -0.2) is 4.39 Å². The second kappa shape index (κ2) is 6.69. The highest BCUT2D eigenvalue weighted by atomic mass is 19.1. The van der Waals surface area contributed by atoms with Crippen molar-refractivity contribution in [2.24, 2.45) is 0 Å². The van der Waals surface area contributed by atoms with Gasteiger partial charge in [-0.1, -0.05) is 12.1 Å². The van der Waals surface area contributed by atoms with Gasteiger partial charge in [0.2, 0.25) is 0 Å². The van der Waals surface area contributed by atoms with Crippen molar-refractivity contribution in [2.75, 3.05) is 10.6 Å². The third-order valence-electron chi connectivity index (χ3n) is 3.04. The number of benzene rings is 1. The van der Waals surface area contributed by atoms with E-state index >= 15 is 0 Å². The Labute approximate surface area is 131 Å². The lowest BCUT2D eigenvalue weighted by atomic mass is 10.3. The number of hydrogen-bond donors (Lipinski definition) is 2. The zero-order valence-electron chi connectivity index (χ0n) is 12.0. The number of aromatic nitrogens is 2. The molecule has 0 atom stereocenters. The van der Waals surface area contributed by atoms with Gasteiger partial charge in [0.1, 0.15) is 17.4 Å². The molecule has 0 aliphatic heterocycles. The van der Waals surface area contributed by atoms with E-state index in [9.17, 15) is 9.18 Å². The van der Waals surface area contributed by atoms with Gasteiger partial charge in [0.25, 0.3) is 5.91 Å². The molecule has 0 aliphatic carbocycles. The molecule has 2 N–H and O–H groups in total.